The van der Waals surface area contributed by atoms with E-state index in [4.69, 9.17) is 4.74 Å². The van der Waals surface area contributed by atoms with Gasteiger partial charge in [0.1, 0.15) is 17.1 Å². The van der Waals surface area contributed by atoms with E-state index in [2.05, 4.69) is 4.74 Å². The van der Waals surface area contributed by atoms with Crippen LogP contribution in [0.5, 0.6) is 5.75 Å². The Morgan fingerprint density at radius 2 is 1.67 bits per heavy atom. The molecule has 0 amide bonds. The minimum atomic E-state index is -2.90. The predicted octanol–water partition coefficient (Wildman–Crippen LogP) is 4.98. The van der Waals surface area contributed by atoms with E-state index in [1.807, 2.05) is 0 Å². The average molecular weight is 397 g/mol. The van der Waals surface area contributed by atoms with Gasteiger partial charge in [0.05, 0.1) is 4.92 Å². The molecule has 0 spiro atoms. The molecule has 0 bridgehead atoms. The molecule has 0 aromatic heterocycles. The maximum atomic E-state index is 12.2. The highest BCUT2D eigenvalue weighted by atomic mass is 32.2. The van der Waals surface area contributed by atoms with Gasteiger partial charge in [0.25, 0.3) is 5.69 Å². The van der Waals surface area contributed by atoms with Crippen LogP contribution in [0.4, 0.5) is 14.5 Å². The van der Waals surface area contributed by atoms with Gasteiger partial charge in [0.2, 0.25) is 0 Å². The Bertz CT molecular complexity index is 783. The molecule has 0 aliphatic heterocycles. The van der Waals surface area contributed by atoms with Crippen LogP contribution in [0.25, 0.3) is 0 Å². The lowest BCUT2D eigenvalue weighted by Crippen LogP contribution is -2.18. The summed E-state index contributed by atoms with van der Waals surface area (Å²) in [5, 5.41) is 10.1. The lowest BCUT2D eigenvalue weighted by atomic mass is 10.1. The summed E-state index contributed by atoms with van der Waals surface area (Å²) < 4.78 is 34.0. The molecule has 2 aromatic carbocycles. The topological polar surface area (TPSA) is 78.7 Å². The van der Waals surface area contributed by atoms with Crippen molar-refractivity contribution in [1.29, 1.82) is 0 Å². The maximum Gasteiger partial charge on any atom is 0.387 e. The number of nitrogens with zero attached hydrogens (tertiary/aromatic N) is 1. The molecule has 0 heterocycles. The average Bonchev–Trinajstić information content (AvgIpc) is 2.62. The minimum absolute atomic E-state index is 0.0226. The number of nitro groups is 1. The van der Waals surface area contributed by atoms with Crippen LogP contribution in [0.15, 0.2) is 53.4 Å². The predicted molar refractivity (Wildman–Crippen MR) is 96.0 cm³/mol. The van der Waals surface area contributed by atoms with Crippen LogP contribution in [0.3, 0.4) is 0 Å². The molecule has 9 heteroatoms. The zero-order chi connectivity index (χ0) is 20.0. The van der Waals surface area contributed by atoms with Crippen molar-refractivity contribution >= 4 is 23.4 Å². The minimum Gasteiger partial charge on any atom is -0.457 e. The summed E-state index contributed by atoms with van der Waals surface area (Å²) >= 11 is 1.22. The molecule has 27 heavy (non-hydrogen) atoms. The summed E-state index contributed by atoms with van der Waals surface area (Å²) in [7, 11) is 0. The van der Waals surface area contributed by atoms with Gasteiger partial charge in [0, 0.05) is 17.0 Å². The normalized spacial score (nSPS) is 13.1. The molecule has 0 saturated carbocycles. The van der Waals surface area contributed by atoms with Gasteiger partial charge in [-0.2, -0.15) is 8.78 Å². The number of hydrogen-bond acceptors (Lipinski definition) is 6. The number of alkyl halides is 2. The van der Waals surface area contributed by atoms with E-state index in [0.29, 0.717) is 10.5 Å². The number of ether oxygens (including phenoxy) is 2. The van der Waals surface area contributed by atoms with Crippen LogP contribution in [-0.2, 0) is 9.53 Å². The summed E-state index contributed by atoms with van der Waals surface area (Å²) in [6.07, 6.45) is -0.571. The summed E-state index contributed by atoms with van der Waals surface area (Å²) in [6, 6.07) is 11.7. The zero-order valence-electron chi connectivity index (χ0n) is 14.5. The first-order valence-corrected chi connectivity index (χ1v) is 8.80. The molecule has 0 radical (unpaired) electrons. The van der Waals surface area contributed by atoms with Crippen molar-refractivity contribution < 1.29 is 28.0 Å². The van der Waals surface area contributed by atoms with E-state index in [0.717, 1.165) is 0 Å². The van der Waals surface area contributed by atoms with Crippen LogP contribution in [-0.4, -0.2) is 22.8 Å². The van der Waals surface area contributed by atoms with Gasteiger partial charge in [-0.05, 0) is 43.7 Å². The van der Waals surface area contributed by atoms with Gasteiger partial charge in [0.15, 0.2) is 0 Å². The molecule has 0 aliphatic rings. The lowest BCUT2D eigenvalue weighted by Gasteiger charge is -2.17. The fourth-order valence-electron chi connectivity index (χ4n) is 2.16. The Labute approximate surface area is 158 Å². The highest BCUT2D eigenvalue weighted by molar-refractivity contribution is 8.00. The third-order valence-electron chi connectivity index (χ3n) is 3.56. The van der Waals surface area contributed by atoms with Crippen molar-refractivity contribution in [2.45, 2.75) is 36.7 Å². The van der Waals surface area contributed by atoms with Gasteiger partial charge < -0.3 is 9.47 Å². The van der Waals surface area contributed by atoms with Gasteiger partial charge in [-0.1, -0.05) is 12.1 Å². The second-order valence-electron chi connectivity index (χ2n) is 5.54. The second-order valence-corrected chi connectivity index (χ2v) is 6.95. The van der Waals surface area contributed by atoms with E-state index in [1.165, 1.54) is 36.0 Å². The molecule has 2 rings (SSSR count). The molecule has 0 saturated heterocycles. The van der Waals surface area contributed by atoms with Gasteiger partial charge in [-0.3, -0.25) is 14.9 Å². The molecular formula is C18H17F2NO5S. The fourth-order valence-corrected chi connectivity index (χ4v) is 3.01. The highest BCUT2D eigenvalue weighted by Crippen LogP contribution is 2.28. The van der Waals surface area contributed by atoms with E-state index < -0.39 is 28.9 Å². The van der Waals surface area contributed by atoms with Crippen molar-refractivity contribution in [3.63, 3.8) is 0 Å². The van der Waals surface area contributed by atoms with Crippen molar-refractivity contribution in [3.8, 4) is 5.75 Å². The fraction of sp³-hybridized carbons (Fsp3) is 0.278. The molecule has 0 fully saturated rings. The third-order valence-corrected chi connectivity index (χ3v) is 4.65. The van der Waals surface area contributed by atoms with Crippen molar-refractivity contribution in [1.82, 2.24) is 0 Å². The van der Waals surface area contributed by atoms with Crippen LogP contribution in [0.1, 0.15) is 25.5 Å². The van der Waals surface area contributed by atoms with Gasteiger partial charge >= 0.3 is 12.6 Å². The molecule has 0 N–H and O–H groups in total. The summed E-state index contributed by atoms with van der Waals surface area (Å²) in [5.41, 5.74) is 0.611. The van der Waals surface area contributed by atoms with E-state index in [9.17, 15) is 23.7 Å². The van der Waals surface area contributed by atoms with Gasteiger partial charge in [-0.25, -0.2) is 0 Å². The molecule has 2 aromatic rings. The Kier molecular flexibility index (Phi) is 7.12. The number of halogens is 2. The molecular weight excluding hydrogens is 380 g/mol. The Morgan fingerprint density at radius 3 is 2.19 bits per heavy atom. The van der Waals surface area contributed by atoms with Crippen molar-refractivity contribution in [2.75, 3.05) is 0 Å². The first kappa shape index (κ1) is 20.6. The van der Waals surface area contributed by atoms with E-state index >= 15 is 0 Å². The van der Waals surface area contributed by atoms with Crippen LogP contribution >= 0.6 is 11.8 Å². The Morgan fingerprint density at radius 1 is 1.07 bits per heavy atom. The number of non-ortho nitro benzene ring substituents is 1. The molecule has 0 aliphatic carbocycles. The number of hydrogen-bond donors (Lipinski definition) is 0. The molecule has 2 atom stereocenters. The van der Waals surface area contributed by atoms with Crippen LogP contribution in [0.2, 0.25) is 0 Å². The number of esters is 1. The summed E-state index contributed by atoms with van der Waals surface area (Å²) in [4.78, 5) is 23.1. The molecule has 2 unspecified atom stereocenters. The Balaban J connectivity index is 1.91. The standard InChI is InChI=1S/C18H17F2NO5S/c1-11(13-3-7-15(8-4-13)26-18(19)20)25-17(22)12(2)27-16-9-5-14(6-10-16)21(23)24/h3-12,18H,1-2H3. The number of benzene rings is 2. The Hall–Kier alpha value is -2.68. The van der Waals surface area contributed by atoms with Crippen molar-refractivity contribution in [2.24, 2.45) is 0 Å². The van der Waals surface area contributed by atoms with E-state index in [-0.39, 0.29) is 11.4 Å². The largest absolute Gasteiger partial charge is 0.457 e. The molecule has 6 nitrogen and oxygen atoms in total. The summed E-state index contributed by atoms with van der Waals surface area (Å²) in [6.45, 7) is 0.439. The highest BCUT2D eigenvalue weighted by Gasteiger charge is 2.20. The maximum absolute atomic E-state index is 12.2. The van der Waals surface area contributed by atoms with Crippen LogP contribution < -0.4 is 4.74 Å². The van der Waals surface area contributed by atoms with Gasteiger partial charge in [-0.15, -0.1) is 11.8 Å². The first-order chi connectivity index (χ1) is 12.8. The number of rotatable bonds is 8. The monoisotopic (exact) mass is 397 g/mol. The van der Waals surface area contributed by atoms with Crippen LogP contribution in [0, 0.1) is 10.1 Å². The van der Waals surface area contributed by atoms with Crippen molar-refractivity contribution in [3.05, 3.63) is 64.2 Å². The number of carbonyl (C=O) groups excluding carboxylic acids is 1. The molecule has 144 valence electrons. The second kappa shape index (κ2) is 9.31. The SMILES string of the molecule is CC(Sc1ccc([N+](=O)[O-])cc1)C(=O)OC(C)c1ccc(OC(F)F)cc1. The lowest BCUT2D eigenvalue weighted by molar-refractivity contribution is -0.384. The zero-order valence-corrected chi connectivity index (χ0v) is 15.3. The number of nitro benzene ring substituents is 1. The van der Waals surface area contributed by atoms with E-state index in [1.54, 1.807) is 38.1 Å². The number of thioether (sulfide) groups is 1. The quantitative estimate of drug-likeness (QED) is 0.270. The third kappa shape index (κ3) is 6.21. The number of carbonyl (C=O) groups is 1. The first-order valence-electron chi connectivity index (χ1n) is 7.92. The smallest absolute Gasteiger partial charge is 0.387 e. The summed E-state index contributed by atoms with van der Waals surface area (Å²) in [5.74, 6) is -0.437.